The molecule has 0 saturated carbocycles. The van der Waals surface area contributed by atoms with Gasteiger partial charge in [-0.05, 0) is 89.9 Å². The van der Waals surface area contributed by atoms with Gasteiger partial charge in [0.25, 0.3) is 0 Å². The van der Waals surface area contributed by atoms with Gasteiger partial charge in [0.05, 0.1) is 32.0 Å². The molecule has 2 aliphatic rings. The minimum absolute atomic E-state index is 0.233. The van der Waals surface area contributed by atoms with E-state index in [9.17, 15) is 45.6 Å². The zero-order valence-electron chi connectivity index (χ0n) is 54.7. The summed E-state index contributed by atoms with van der Waals surface area (Å²) in [5.74, 6) is -0.274. The largest absolute Gasteiger partial charge is 0.394 e. The highest BCUT2D eigenvalue weighted by Crippen LogP contribution is 2.30. The molecular weight excluding hydrogens is 1110 g/mol. The van der Waals surface area contributed by atoms with Crippen LogP contribution in [0.3, 0.4) is 0 Å². The van der Waals surface area contributed by atoms with Crippen LogP contribution in [0.5, 0.6) is 0 Å². The van der Waals surface area contributed by atoms with Gasteiger partial charge in [-0.3, -0.25) is 4.79 Å². The summed E-state index contributed by atoms with van der Waals surface area (Å²) in [4.78, 5) is 13.3. The smallest absolute Gasteiger partial charge is 0.220 e. The first-order valence-corrected chi connectivity index (χ1v) is 34.8. The van der Waals surface area contributed by atoms with Gasteiger partial charge in [-0.1, -0.05) is 270 Å². The van der Waals surface area contributed by atoms with Crippen LogP contribution in [0.25, 0.3) is 0 Å². The molecule has 0 bridgehead atoms. The maximum absolute atomic E-state index is 13.3. The van der Waals surface area contributed by atoms with Gasteiger partial charge in [0.1, 0.15) is 48.8 Å². The third-order valence-corrected chi connectivity index (χ3v) is 16.2. The Balaban J connectivity index is 1.73. The molecule has 0 aromatic heterocycles. The van der Waals surface area contributed by atoms with Crippen LogP contribution in [0.15, 0.2) is 122 Å². The minimum Gasteiger partial charge on any atom is -0.394 e. The van der Waals surface area contributed by atoms with Crippen molar-refractivity contribution < 1.29 is 64.6 Å². The molecule has 12 unspecified atom stereocenters. The van der Waals surface area contributed by atoms with Crippen LogP contribution in [0.4, 0.5) is 0 Å². The van der Waals surface area contributed by atoms with Crippen LogP contribution >= 0.6 is 0 Å². The summed E-state index contributed by atoms with van der Waals surface area (Å²) in [7, 11) is 0. The average molecular weight is 1240 g/mol. The molecule has 0 aliphatic carbocycles. The van der Waals surface area contributed by atoms with Crippen molar-refractivity contribution in [3.63, 3.8) is 0 Å². The molecule has 2 aliphatic heterocycles. The number of ether oxygens (including phenoxy) is 4. The first-order valence-electron chi connectivity index (χ1n) is 34.8. The predicted octanol–water partition coefficient (Wildman–Crippen LogP) is 14.1. The number of hydrogen-bond donors (Lipinski definition) is 9. The molecule has 2 fully saturated rings. The zero-order chi connectivity index (χ0) is 63.8. The zero-order valence-corrected chi connectivity index (χ0v) is 54.7. The summed E-state index contributed by atoms with van der Waals surface area (Å²) in [6.07, 6.45) is 66.7. The molecule has 88 heavy (non-hydrogen) atoms. The van der Waals surface area contributed by atoms with E-state index in [-0.39, 0.29) is 18.9 Å². The van der Waals surface area contributed by atoms with E-state index in [4.69, 9.17) is 18.9 Å². The standard InChI is InChI=1S/C74H125NO13/c1-3-5-7-9-11-13-15-17-19-21-23-25-27-28-29-30-31-32-33-34-36-38-40-42-44-46-48-50-52-54-56-58-66(79)75-62(61-85-73-71(84)69(82)72(65(60-77)87-73)88-74-70(83)68(81)67(80)64(59-76)86-74)63(78)57-55-53-51-49-47-45-43-41-39-37-35-26-24-22-20-18-16-14-12-10-8-6-4-2/h5,7,11,13,17,19,23,25,28-29,31-32,34,36,40,42,46,48,55,57,62-65,67-74,76-78,80-84H,3-4,6,8-10,12,14-16,18,20-22,24,26-27,30,33,35,37-39,41,43-45,47,49-54,56,58-61H2,1-2H3,(H,75,79)/b7-5-,13-11-,19-17-,25-23-,29-28-,32-31-,36-34-,42-40-,48-46-,57-55+. The fraction of sp³-hybridized carbons (Fsp3) is 0.716. The number of hydrogen-bond acceptors (Lipinski definition) is 13. The highest BCUT2D eigenvalue weighted by molar-refractivity contribution is 5.76. The third kappa shape index (κ3) is 41.0. The monoisotopic (exact) mass is 1240 g/mol. The second kappa shape index (κ2) is 57.3. The fourth-order valence-electron chi connectivity index (χ4n) is 10.6. The number of rotatable bonds is 55. The molecular formula is C74H125NO13. The molecule has 2 rings (SSSR count). The van der Waals surface area contributed by atoms with Gasteiger partial charge >= 0.3 is 0 Å². The number of aliphatic hydroxyl groups excluding tert-OH is 8. The van der Waals surface area contributed by atoms with Crippen LogP contribution in [0, 0.1) is 0 Å². The number of nitrogens with one attached hydrogen (secondary N) is 1. The highest BCUT2D eigenvalue weighted by atomic mass is 16.7. The quantitative estimate of drug-likeness (QED) is 0.0204. The normalized spacial score (nSPS) is 23.9. The second-order valence-corrected chi connectivity index (χ2v) is 23.9. The Morgan fingerprint density at radius 2 is 0.784 bits per heavy atom. The van der Waals surface area contributed by atoms with E-state index < -0.39 is 86.8 Å². The summed E-state index contributed by atoms with van der Waals surface area (Å²) in [6, 6.07) is -0.943. The summed E-state index contributed by atoms with van der Waals surface area (Å²) in [5, 5.41) is 87.4. The Hall–Kier alpha value is -3.61. The van der Waals surface area contributed by atoms with Crippen molar-refractivity contribution >= 4 is 5.91 Å². The van der Waals surface area contributed by atoms with Crippen molar-refractivity contribution in [1.29, 1.82) is 0 Å². The molecule has 0 radical (unpaired) electrons. The van der Waals surface area contributed by atoms with Gasteiger partial charge in [-0.2, -0.15) is 0 Å². The molecule has 9 N–H and O–H groups in total. The summed E-state index contributed by atoms with van der Waals surface area (Å²) >= 11 is 0. The number of amides is 1. The Bertz CT molecular complexity index is 1940. The van der Waals surface area contributed by atoms with Gasteiger partial charge in [0.2, 0.25) is 5.91 Å². The molecule has 1 amide bonds. The van der Waals surface area contributed by atoms with Crippen LogP contribution < -0.4 is 5.32 Å². The van der Waals surface area contributed by atoms with E-state index in [1.807, 2.05) is 6.08 Å². The maximum atomic E-state index is 13.3. The number of carbonyl (C=O) groups excluding carboxylic acids is 1. The summed E-state index contributed by atoms with van der Waals surface area (Å²) < 4.78 is 22.8. The highest BCUT2D eigenvalue weighted by Gasteiger charge is 2.51. The number of allylic oxidation sites excluding steroid dienone is 19. The molecule has 14 nitrogen and oxygen atoms in total. The van der Waals surface area contributed by atoms with Crippen LogP contribution in [0.1, 0.15) is 245 Å². The first kappa shape index (κ1) is 80.5. The van der Waals surface area contributed by atoms with Crippen molar-refractivity contribution in [2.24, 2.45) is 0 Å². The topological polar surface area (TPSA) is 228 Å². The fourth-order valence-corrected chi connectivity index (χ4v) is 10.6. The van der Waals surface area contributed by atoms with Gasteiger partial charge in [0.15, 0.2) is 12.6 Å². The van der Waals surface area contributed by atoms with E-state index in [0.29, 0.717) is 6.42 Å². The van der Waals surface area contributed by atoms with Gasteiger partial charge in [-0.15, -0.1) is 0 Å². The van der Waals surface area contributed by atoms with Crippen molar-refractivity contribution in [3.8, 4) is 0 Å². The average Bonchev–Trinajstić information content (AvgIpc) is 3.10. The van der Waals surface area contributed by atoms with E-state index in [1.54, 1.807) is 6.08 Å². The van der Waals surface area contributed by atoms with Crippen molar-refractivity contribution in [3.05, 3.63) is 122 Å². The Morgan fingerprint density at radius 1 is 0.420 bits per heavy atom. The lowest BCUT2D eigenvalue weighted by Crippen LogP contribution is -2.65. The molecule has 12 atom stereocenters. The Kier molecular flexibility index (Phi) is 52.4. The van der Waals surface area contributed by atoms with Crippen molar-refractivity contribution in [1.82, 2.24) is 5.32 Å². The van der Waals surface area contributed by atoms with E-state index in [1.165, 1.54) is 122 Å². The minimum atomic E-state index is -1.80. The molecule has 0 aromatic carbocycles. The third-order valence-electron chi connectivity index (χ3n) is 16.2. The molecule has 2 saturated heterocycles. The van der Waals surface area contributed by atoms with Crippen LogP contribution in [-0.2, 0) is 23.7 Å². The molecule has 2 heterocycles. The number of aliphatic hydroxyl groups is 8. The number of unbranched alkanes of at least 4 members (excludes halogenated alkanes) is 24. The van der Waals surface area contributed by atoms with Crippen LogP contribution in [0.2, 0.25) is 0 Å². The summed E-state index contributed by atoms with van der Waals surface area (Å²) in [5.41, 5.74) is 0. The SMILES string of the molecule is CC/C=C\C/C=C\C/C=C\C/C=C\C/C=C\C/C=C\C/C=C\C/C=C\C/C=C\CCCCCC(=O)NC(COC1OC(CO)C(OC2OC(CO)C(O)C(O)C2O)C(O)C1O)C(O)/C=C/CCCCCCCCCCCCCCCCCCCCCCC. The Labute approximate surface area is 533 Å². The van der Waals surface area contributed by atoms with Crippen LogP contribution in [-0.4, -0.2) is 140 Å². The van der Waals surface area contributed by atoms with Crippen molar-refractivity contribution in [2.75, 3.05) is 19.8 Å². The lowest BCUT2D eigenvalue weighted by molar-refractivity contribution is -0.359. The molecule has 0 spiro atoms. The van der Waals surface area contributed by atoms with E-state index in [2.05, 4.69) is 129 Å². The second-order valence-electron chi connectivity index (χ2n) is 23.9. The predicted molar refractivity (Wildman–Crippen MR) is 359 cm³/mol. The lowest BCUT2D eigenvalue weighted by atomic mass is 9.97. The molecule has 0 aromatic rings. The first-order chi connectivity index (χ1) is 43.1. The summed E-state index contributed by atoms with van der Waals surface area (Å²) in [6.45, 7) is 2.67. The van der Waals surface area contributed by atoms with E-state index in [0.717, 1.165) is 96.3 Å². The number of carbonyl (C=O) groups is 1. The molecule has 504 valence electrons. The lowest BCUT2D eigenvalue weighted by Gasteiger charge is -2.46. The Morgan fingerprint density at radius 3 is 1.20 bits per heavy atom. The van der Waals surface area contributed by atoms with Gasteiger partial charge < -0.3 is 65.1 Å². The van der Waals surface area contributed by atoms with E-state index >= 15 is 0 Å². The van der Waals surface area contributed by atoms with Gasteiger partial charge in [-0.25, -0.2) is 0 Å². The van der Waals surface area contributed by atoms with Gasteiger partial charge in [0, 0.05) is 6.42 Å². The van der Waals surface area contributed by atoms with Crippen molar-refractivity contribution in [2.45, 2.75) is 319 Å². The maximum Gasteiger partial charge on any atom is 0.220 e. The molecule has 14 heteroatoms.